The smallest absolute Gasteiger partial charge is 0.319 e. The summed E-state index contributed by atoms with van der Waals surface area (Å²) in [5.41, 5.74) is 0.541. The third-order valence-electron chi connectivity index (χ3n) is 5.24. The van der Waals surface area contributed by atoms with Gasteiger partial charge in [0.15, 0.2) is 11.5 Å². The Hall–Kier alpha value is -3.80. The molecule has 2 aromatic carbocycles. The van der Waals surface area contributed by atoms with Crippen LogP contribution in [-0.2, 0) is 4.79 Å². The van der Waals surface area contributed by atoms with Crippen LogP contribution in [0.4, 0.5) is 24.4 Å². The van der Waals surface area contributed by atoms with Gasteiger partial charge >= 0.3 is 6.03 Å². The van der Waals surface area contributed by atoms with Crippen LogP contribution in [0.15, 0.2) is 36.4 Å². The standard InChI is InChI=1S/C22H21F2N5O4S/c1-3-11(2)18(26-21(31)25-15-6-5-13(23)9-14(15)24)19(30)27-22-29-28-20(34-22)12-4-7-16-17(8-12)33-10-32-16/h4-9,11,18H,3,10H2,1-2H3,(H2,25,26,31)(H,27,29,30)/t11-,18-/m0/s1. The molecule has 0 radical (unpaired) electrons. The Morgan fingerprint density at radius 3 is 2.65 bits per heavy atom. The summed E-state index contributed by atoms with van der Waals surface area (Å²) in [4.78, 5) is 25.3. The van der Waals surface area contributed by atoms with Crippen molar-refractivity contribution >= 4 is 34.1 Å². The predicted octanol–water partition coefficient (Wildman–Crippen LogP) is 4.39. The molecule has 0 aliphatic carbocycles. The monoisotopic (exact) mass is 489 g/mol. The van der Waals surface area contributed by atoms with E-state index in [1.807, 2.05) is 13.0 Å². The molecule has 0 saturated carbocycles. The Labute approximate surface area is 197 Å². The van der Waals surface area contributed by atoms with Crippen molar-refractivity contribution < 1.29 is 27.8 Å². The van der Waals surface area contributed by atoms with E-state index < -0.39 is 29.6 Å². The van der Waals surface area contributed by atoms with Crippen LogP contribution in [0.1, 0.15) is 20.3 Å². The largest absolute Gasteiger partial charge is 0.454 e. The molecular formula is C22H21F2N5O4S. The molecule has 3 amide bonds. The number of benzene rings is 2. The number of carbonyl (C=O) groups is 2. The zero-order valence-corrected chi connectivity index (χ0v) is 19.0. The molecule has 1 aliphatic rings. The fourth-order valence-electron chi connectivity index (χ4n) is 3.20. The van der Waals surface area contributed by atoms with Crippen LogP contribution in [0.25, 0.3) is 10.6 Å². The van der Waals surface area contributed by atoms with E-state index in [1.54, 1.807) is 19.1 Å². The minimum absolute atomic E-state index is 0.154. The molecule has 178 valence electrons. The lowest BCUT2D eigenvalue weighted by atomic mass is 9.98. The van der Waals surface area contributed by atoms with Gasteiger partial charge in [0, 0.05) is 11.6 Å². The van der Waals surface area contributed by atoms with Gasteiger partial charge in [-0.3, -0.25) is 10.1 Å². The van der Waals surface area contributed by atoms with Crippen molar-refractivity contribution in [2.45, 2.75) is 26.3 Å². The summed E-state index contributed by atoms with van der Waals surface area (Å²) in [5.74, 6) is -1.20. The lowest BCUT2D eigenvalue weighted by molar-refractivity contribution is -0.119. The summed E-state index contributed by atoms with van der Waals surface area (Å²) >= 11 is 1.16. The van der Waals surface area contributed by atoms with Crippen molar-refractivity contribution in [3.63, 3.8) is 0 Å². The van der Waals surface area contributed by atoms with Gasteiger partial charge < -0.3 is 20.1 Å². The van der Waals surface area contributed by atoms with Crippen LogP contribution < -0.4 is 25.4 Å². The van der Waals surface area contributed by atoms with Gasteiger partial charge in [0.1, 0.15) is 22.7 Å². The molecule has 0 bridgehead atoms. The first kappa shape index (κ1) is 23.4. The molecule has 34 heavy (non-hydrogen) atoms. The highest BCUT2D eigenvalue weighted by molar-refractivity contribution is 7.18. The van der Waals surface area contributed by atoms with Crippen LogP contribution in [0.3, 0.4) is 0 Å². The van der Waals surface area contributed by atoms with Crippen LogP contribution in [-0.4, -0.2) is 35.0 Å². The molecule has 1 aliphatic heterocycles. The second kappa shape index (κ2) is 10.00. The topological polar surface area (TPSA) is 114 Å². The number of urea groups is 1. The molecule has 1 aromatic heterocycles. The molecule has 0 saturated heterocycles. The van der Waals surface area contributed by atoms with E-state index in [0.29, 0.717) is 29.0 Å². The number of halogens is 2. The number of hydrogen-bond donors (Lipinski definition) is 3. The van der Waals surface area contributed by atoms with Crippen LogP contribution >= 0.6 is 11.3 Å². The number of aromatic nitrogens is 2. The molecule has 3 aromatic rings. The number of rotatable bonds is 7. The third-order valence-corrected chi connectivity index (χ3v) is 6.12. The molecule has 0 fully saturated rings. The third kappa shape index (κ3) is 5.22. The van der Waals surface area contributed by atoms with Gasteiger partial charge in [0.2, 0.25) is 17.8 Å². The number of carbonyl (C=O) groups excluding carboxylic acids is 2. The van der Waals surface area contributed by atoms with Gasteiger partial charge in [-0.2, -0.15) is 0 Å². The lowest BCUT2D eigenvalue weighted by Gasteiger charge is -2.23. The van der Waals surface area contributed by atoms with E-state index in [4.69, 9.17) is 9.47 Å². The molecule has 3 N–H and O–H groups in total. The number of hydrogen-bond acceptors (Lipinski definition) is 7. The van der Waals surface area contributed by atoms with Crippen molar-refractivity contribution in [1.82, 2.24) is 15.5 Å². The molecule has 0 spiro atoms. The zero-order valence-electron chi connectivity index (χ0n) is 18.2. The Morgan fingerprint density at radius 1 is 1.09 bits per heavy atom. The van der Waals surface area contributed by atoms with Gasteiger partial charge in [-0.05, 0) is 36.2 Å². The summed E-state index contributed by atoms with van der Waals surface area (Å²) in [6.07, 6.45) is 0.585. The molecular weight excluding hydrogens is 468 g/mol. The van der Waals surface area contributed by atoms with Crippen molar-refractivity contribution in [3.8, 4) is 22.1 Å². The molecule has 9 nitrogen and oxygen atoms in total. The maximum absolute atomic E-state index is 13.8. The van der Waals surface area contributed by atoms with Gasteiger partial charge in [-0.15, -0.1) is 10.2 Å². The summed E-state index contributed by atoms with van der Waals surface area (Å²) in [6, 6.07) is 6.38. The summed E-state index contributed by atoms with van der Waals surface area (Å²) in [5, 5.41) is 16.4. The maximum atomic E-state index is 13.8. The highest BCUT2D eigenvalue weighted by Gasteiger charge is 2.27. The number of fused-ring (bicyclic) bond motifs is 1. The number of nitrogens with one attached hydrogen (secondary N) is 3. The van der Waals surface area contributed by atoms with E-state index in [2.05, 4.69) is 26.1 Å². The molecule has 2 atom stereocenters. The quantitative estimate of drug-likeness (QED) is 0.454. The normalized spacial score (nSPS) is 13.8. The lowest BCUT2D eigenvalue weighted by Crippen LogP contribution is -2.49. The summed E-state index contributed by atoms with van der Waals surface area (Å²) in [7, 11) is 0. The van der Waals surface area contributed by atoms with Crippen LogP contribution in [0.2, 0.25) is 0 Å². The van der Waals surface area contributed by atoms with Crippen molar-refractivity contribution in [3.05, 3.63) is 48.0 Å². The number of amides is 3. The summed E-state index contributed by atoms with van der Waals surface area (Å²) < 4.78 is 37.6. The van der Waals surface area contributed by atoms with E-state index in [-0.39, 0.29) is 23.5 Å². The van der Waals surface area contributed by atoms with Crippen molar-refractivity contribution in [2.24, 2.45) is 5.92 Å². The first-order valence-electron chi connectivity index (χ1n) is 10.4. The zero-order chi connectivity index (χ0) is 24.2. The minimum Gasteiger partial charge on any atom is -0.454 e. The van der Waals surface area contributed by atoms with E-state index in [0.717, 1.165) is 29.0 Å². The van der Waals surface area contributed by atoms with Gasteiger partial charge in [0.05, 0.1) is 5.69 Å². The Bertz CT molecular complexity index is 1220. The first-order valence-corrected chi connectivity index (χ1v) is 11.2. The van der Waals surface area contributed by atoms with Gasteiger partial charge in [-0.25, -0.2) is 13.6 Å². The Kier molecular flexibility index (Phi) is 6.87. The van der Waals surface area contributed by atoms with E-state index in [9.17, 15) is 18.4 Å². The molecule has 0 unspecified atom stereocenters. The highest BCUT2D eigenvalue weighted by Crippen LogP contribution is 2.37. The molecule has 12 heteroatoms. The number of ether oxygens (including phenoxy) is 2. The fourth-order valence-corrected chi connectivity index (χ4v) is 3.94. The second-order valence-corrected chi connectivity index (χ2v) is 8.53. The van der Waals surface area contributed by atoms with Crippen LogP contribution in [0, 0.1) is 17.6 Å². The fraction of sp³-hybridized carbons (Fsp3) is 0.273. The average molecular weight is 490 g/mol. The predicted molar refractivity (Wildman–Crippen MR) is 122 cm³/mol. The number of nitrogens with zero attached hydrogens (tertiary/aromatic N) is 2. The van der Waals surface area contributed by atoms with Crippen molar-refractivity contribution in [2.75, 3.05) is 17.4 Å². The second-order valence-electron chi connectivity index (χ2n) is 7.56. The first-order chi connectivity index (χ1) is 16.3. The molecule has 4 rings (SSSR count). The SMILES string of the molecule is CC[C@H](C)[C@H](NC(=O)Nc1ccc(F)cc1F)C(=O)Nc1nnc(-c2ccc3c(c2)OCO3)s1. The minimum atomic E-state index is -0.939. The molecule has 2 heterocycles. The highest BCUT2D eigenvalue weighted by atomic mass is 32.1. The van der Waals surface area contributed by atoms with Crippen molar-refractivity contribution in [1.29, 1.82) is 0 Å². The average Bonchev–Trinajstić information content (AvgIpc) is 3.47. The Balaban J connectivity index is 1.43. The van der Waals surface area contributed by atoms with E-state index >= 15 is 0 Å². The van der Waals surface area contributed by atoms with E-state index in [1.165, 1.54) is 0 Å². The summed E-state index contributed by atoms with van der Waals surface area (Å²) in [6.45, 7) is 3.82. The van der Waals surface area contributed by atoms with Gasteiger partial charge in [0.25, 0.3) is 0 Å². The Morgan fingerprint density at radius 2 is 1.88 bits per heavy atom. The van der Waals surface area contributed by atoms with Crippen LogP contribution in [0.5, 0.6) is 11.5 Å². The number of anilines is 2. The maximum Gasteiger partial charge on any atom is 0.319 e. The van der Waals surface area contributed by atoms with Gasteiger partial charge in [-0.1, -0.05) is 31.6 Å².